The van der Waals surface area contributed by atoms with E-state index in [1.807, 2.05) is 0 Å². The molecule has 2 fully saturated rings. The van der Waals surface area contributed by atoms with Crippen molar-refractivity contribution in [2.24, 2.45) is 0 Å². The average Bonchev–Trinajstić information content (AvgIpc) is 2.16. The van der Waals surface area contributed by atoms with Crippen LogP contribution in [0.5, 0.6) is 0 Å². The first kappa shape index (κ1) is 10.8. The lowest BCUT2D eigenvalue weighted by Crippen LogP contribution is -2.63. The largest absolute Gasteiger partial charge is 0.455 e. The Kier molecular flexibility index (Phi) is 2.46. The number of esters is 1. The molecule has 0 saturated carbocycles. The van der Waals surface area contributed by atoms with E-state index in [4.69, 9.17) is 14.2 Å². The van der Waals surface area contributed by atoms with Gasteiger partial charge >= 0.3 is 5.97 Å². The fourth-order valence-corrected chi connectivity index (χ4v) is 1.74. The van der Waals surface area contributed by atoms with Gasteiger partial charge in [-0.25, -0.2) is 4.79 Å². The van der Waals surface area contributed by atoms with Gasteiger partial charge in [0.1, 0.15) is 12.2 Å². The van der Waals surface area contributed by atoms with Crippen LogP contribution in [-0.2, 0) is 19.0 Å². The maximum absolute atomic E-state index is 11.1. The summed E-state index contributed by atoms with van der Waals surface area (Å²) in [6, 6.07) is 0. The minimum Gasteiger partial charge on any atom is -0.455 e. The topological polar surface area (TPSA) is 85.2 Å². The number of carbonyl (C=O) groups is 1. The molecule has 4 atom stereocenters. The van der Waals surface area contributed by atoms with Crippen molar-refractivity contribution < 1.29 is 29.2 Å². The standard InChI is InChI=1S/C9H14O6/c1-9(2)13-3-4-7(15-9)5(10)6(11)8(12)14-4/h4-7,10-11H,3H2,1-2H3. The maximum atomic E-state index is 11.1. The Morgan fingerprint density at radius 1 is 1.40 bits per heavy atom. The van der Waals surface area contributed by atoms with Gasteiger partial charge in [0.25, 0.3) is 0 Å². The van der Waals surface area contributed by atoms with Gasteiger partial charge in [0.15, 0.2) is 18.0 Å². The monoisotopic (exact) mass is 218 g/mol. The van der Waals surface area contributed by atoms with E-state index in [0.717, 1.165) is 0 Å². The zero-order chi connectivity index (χ0) is 11.2. The first-order valence-electron chi connectivity index (χ1n) is 4.79. The van der Waals surface area contributed by atoms with E-state index in [0.29, 0.717) is 0 Å². The summed E-state index contributed by atoms with van der Waals surface area (Å²) >= 11 is 0. The van der Waals surface area contributed by atoms with Crippen molar-refractivity contribution in [2.75, 3.05) is 6.61 Å². The van der Waals surface area contributed by atoms with E-state index in [1.54, 1.807) is 13.8 Å². The molecule has 0 radical (unpaired) electrons. The third kappa shape index (κ3) is 1.85. The summed E-state index contributed by atoms with van der Waals surface area (Å²) < 4.78 is 15.5. The molecule has 6 nitrogen and oxygen atoms in total. The van der Waals surface area contributed by atoms with Crippen LogP contribution in [0.4, 0.5) is 0 Å². The van der Waals surface area contributed by atoms with Crippen LogP contribution in [0.1, 0.15) is 13.8 Å². The summed E-state index contributed by atoms with van der Waals surface area (Å²) in [6.45, 7) is 3.55. The summed E-state index contributed by atoms with van der Waals surface area (Å²) in [7, 11) is 0. The quantitative estimate of drug-likeness (QED) is 0.496. The Morgan fingerprint density at radius 3 is 2.73 bits per heavy atom. The zero-order valence-corrected chi connectivity index (χ0v) is 8.54. The van der Waals surface area contributed by atoms with Crippen LogP contribution in [0.15, 0.2) is 0 Å². The number of aliphatic hydroxyl groups is 2. The molecule has 0 aromatic carbocycles. The highest BCUT2D eigenvalue weighted by atomic mass is 16.7. The lowest BCUT2D eigenvalue weighted by Gasteiger charge is -2.45. The van der Waals surface area contributed by atoms with Crippen molar-refractivity contribution >= 4 is 5.97 Å². The van der Waals surface area contributed by atoms with Gasteiger partial charge in [-0.3, -0.25) is 0 Å². The second-order valence-electron chi connectivity index (χ2n) is 4.20. The second-order valence-corrected chi connectivity index (χ2v) is 4.20. The molecule has 0 amide bonds. The molecule has 6 heteroatoms. The van der Waals surface area contributed by atoms with Gasteiger partial charge < -0.3 is 24.4 Å². The van der Waals surface area contributed by atoms with Crippen molar-refractivity contribution in [2.45, 2.75) is 44.1 Å². The minimum absolute atomic E-state index is 0.160. The molecule has 0 aromatic rings. The molecule has 2 aliphatic rings. The lowest BCUT2D eigenvalue weighted by molar-refractivity contribution is -0.336. The predicted octanol–water partition coefficient (Wildman–Crippen LogP) is -1.21. The normalized spacial score (nSPS) is 44.4. The molecule has 2 rings (SSSR count). The van der Waals surface area contributed by atoms with E-state index in [-0.39, 0.29) is 6.61 Å². The number of carbonyl (C=O) groups excluding carboxylic acids is 1. The van der Waals surface area contributed by atoms with Crippen LogP contribution < -0.4 is 0 Å². The molecule has 4 unspecified atom stereocenters. The summed E-state index contributed by atoms with van der Waals surface area (Å²) in [4.78, 5) is 11.1. The molecule has 0 bridgehead atoms. The lowest BCUT2D eigenvalue weighted by atomic mass is 9.98. The molecule has 2 saturated heterocycles. The van der Waals surface area contributed by atoms with Gasteiger partial charge in [-0.05, 0) is 13.8 Å². The van der Waals surface area contributed by atoms with E-state index < -0.39 is 36.2 Å². The molecule has 86 valence electrons. The Labute approximate surface area is 86.7 Å². The number of rotatable bonds is 0. The molecular weight excluding hydrogens is 204 g/mol. The van der Waals surface area contributed by atoms with Gasteiger partial charge in [0, 0.05) is 0 Å². The number of ether oxygens (including phenoxy) is 3. The van der Waals surface area contributed by atoms with Crippen LogP contribution >= 0.6 is 0 Å². The highest BCUT2D eigenvalue weighted by Crippen LogP contribution is 2.30. The van der Waals surface area contributed by atoms with Crippen LogP contribution in [0, 0.1) is 0 Å². The first-order valence-corrected chi connectivity index (χ1v) is 4.79. The van der Waals surface area contributed by atoms with Gasteiger partial charge in [0.05, 0.1) is 6.61 Å². The maximum Gasteiger partial charge on any atom is 0.338 e. The summed E-state index contributed by atoms with van der Waals surface area (Å²) in [6.07, 6.45) is -4.19. The van der Waals surface area contributed by atoms with Crippen molar-refractivity contribution in [1.29, 1.82) is 0 Å². The summed E-state index contributed by atoms with van der Waals surface area (Å²) in [5.74, 6) is -1.68. The number of fused-ring (bicyclic) bond motifs is 1. The molecule has 2 N–H and O–H groups in total. The molecule has 0 spiro atoms. The predicted molar refractivity (Wildman–Crippen MR) is 46.8 cm³/mol. The number of hydrogen-bond donors (Lipinski definition) is 2. The van der Waals surface area contributed by atoms with E-state index in [9.17, 15) is 15.0 Å². The molecule has 0 aliphatic carbocycles. The van der Waals surface area contributed by atoms with Crippen LogP contribution in [-0.4, -0.2) is 53.0 Å². The number of aliphatic hydroxyl groups excluding tert-OH is 2. The fourth-order valence-electron chi connectivity index (χ4n) is 1.74. The second kappa shape index (κ2) is 3.41. The average molecular weight is 218 g/mol. The van der Waals surface area contributed by atoms with Gasteiger partial charge in [-0.15, -0.1) is 0 Å². The van der Waals surface area contributed by atoms with Gasteiger partial charge in [-0.2, -0.15) is 0 Å². The third-order valence-corrected chi connectivity index (χ3v) is 2.55. The van der Waals surface area contributed by atoms with E-state index in [2.05, 4.69) is 0 Å². The Morgan fingerprint density at radius 2 is 2.07 bits per heavy atom. The highest BCUT2D eigenvalue weighted by molar-refractivity contribution is 5.76. The molecular formula is C9H14O6. The zero-order valence-electron chi connectivity index (χ0n) is 8.54. The van der Waals surface area contributed by atoms with Crippen molar-refractivity contribution in [1.82, 2.24) is 0 Å². The Hall–Kier alpha value is -0.690. The molecule has 0 aromatic heterocycles. The SMILES string of the molecule is CC1(C)OCC2OC(=O)C(O)C(O)C2O1. The van der Waals surface area contributed by atoms with Gasteiger partial charge in [0.2, 0.25) is 0 Å². The Balaban J connectivity index is 2.15. The fraction of sp³-hybridized carbons (Fsp3) is 0.889. The van der Waals surface area contributed by atoms with Crippen molar-refractivity contribution in [3.63, 3.8) is 0 Å². The van der Waals surface area contributed by atoms with Crippen molar-refractivity contribution in [3.8, 4) is 0 Å². The Bertz CT molecular complexity index is 274. The van der Waals surface area contributed by atoms with Gasteiger partial charge in [-0.1, -0.05) is 0 Å². The molecule has 2 aliphatic heterocycles. The van der Waals surface area contributed by atoms with Crippen LogP contribution in [0.25, 0.3) is 0 Å². The van der Waals surface area contributed by atoms with E-state index >= 15 is 0 Å². The summed E-state index contributed by atoms with van der Waals surface area (Å²) in [5, 5.41) is 19.0. The smallest absolute Gasteiger partial charge is 0.338 e. The van der Waals surface area contributed by atoms with Crippen molar-refractivity contribution in [3.05, 3.63) is 0 Å². The number of hydrogen-bond acceptors (Lipinski definition) is 6. The van der Waals surface area contributed by atoms with Crippen LogP contribution in [0.2, 0.25) is 0 Å². The van der Waals surface area contributed by atoms with E-state index in [1.165, 1.54) is 0 Å². The van der Waals surface area contributed by atoms with Crippen LogP contribution in [0.3, 0.4) is 0 Å². The highest BCUT2D eigenvalue weighted by Gasteiger charge is 2.50. The molecule has 2 heterocycles. The first-order chi connectivity index (χ1) is 6.91. The summed E-state index contributed by atoms with van der Waals surface area (Å²) in [5.41, 5.74) is 0. The third-order valence-electron chi connectivity index (χ3n) is 2.55. The minimum atomic E-state index is -1.54. The molecule has 15 heavy (non-hydrogen) atoms.